The molecule has 1 fully saturated rings. The van der Waals surface area contributed by atoms with Gasteiger partial charge in [-0.3, -0.25) is 4.90 Å². The van der Waals surface area contributed by atoms with E-state index < -0.39 is 0 Å². The average molecular weight is 219 g/mol. The Labute approximate surface area is 97.7 Å². The lowest BCUT2D eigenvalue weighted by molar-refractivity contribution is 0.199. The van der Waals surface area contributed by atoms with Crippen LogP contribution in [-0.4, -0.2) is 22.5 Å². The first kappa shape index (κ1) is 11.4. The van der Waals surface area contributed by atoms with Gasteiger partial charge in [-0.15, -0.1) is 0 Å². The van der Waals surface area contributed by atoms with Gasteiger partial charge < -0.3 is 5.73 Å². The molecule has 3 nitrogen and oxygen atoms in total. The lowest BCUT2D eigenvalue weighted by atomic mass is 10.0. The Morgan fingerprint density at radius 2 is 2.38 bits per heavy atom. The van der Waals surface area contributed by atoms with Gasteiger partial charge in [-0.05, 0) is 31.4 Å². The average Bonchev–Trinajstić information content (AvgIpc) is 2.69. The van der Waals surface area contributed by atoms with Crippen LogP contribution in [-0.2, 0) is 6.54 Å². The molecule has 2 N–H and O–H groups in total. The Hall–Kier alpha value is -1.09. The van der Waals surface area contributed by atoms with E-state index in [2.05, 4.69) is 29.8 Å². The topological polar surface area (TPSA) is 42.2 Å². The van der Waals surface area contributed by atoms with Gasteiger partial charge in [0.25, 0.3) is 0 Å². The number of hydrogen-bond acceptors (Lipinski definition) is 3. The van der Waals surface area contributed by atoms with Gasteiger partial charge in [0.15, 0.2) is 0 Å². The summed E-state index contributed by atoms with van der Waals surface area (Å²) in [6.45, 7) is 6.74. The molecule has 0 spiro atoms. The Morgan fingerprint density at radius 1 is 1.56 bits per heavy atom. The number of hydrogen-bond donors (Lipinski definition) is 1. The third-order valence-electron chi connectivity index (χ3n) is 3.48. The van der Waals surface area contributed by atoms with Crippen LogP contribution in [0, 0.1) is 5.92 Å². The molecule has 0 radical (unpaired) electrons. The molecule has 1 aromatic rings. The summed E-state index contributed by atoms with van der Waals surface area (Å²) in [6.07, 6.45) is 4.38. The first-order valence-electron chi connectivity index (χ1n) is 6.12. The van der Waals surface area contributed by atoms with Crippen LogP contribution in [0.4, 0.5) is 5.82 Å². The van der Waals surface area contributed by atoms with Crippen molar-refractivity contribution in [2.45, 2.75) is 39.3 Å². The van der Waals surface area contributed by atoms with E-state index in [4.69, 9.17) is 5.73 Å². The third kappa shape index (κ3) is 2.35. The molecule has 0 aromatic carbocycles. The molecule has 1 aliphatic rings. The molecule has 3 heteroatoms. The van der Waals surface area contributed by atoms with Crippen molar-refractivity contribution < 1.29 is 0 Å². The summed E-state index contributed by atoms with van der Waals surface area (Å²) in [6, 6.07) is 4.75. The predicted molar refractivity (Wildman–Crippen MR) is 66.9 cm³/mol. The lowest BCUT2D eigenvalue weighted by Crippen LogP contribution is -2.33. The fourth-order valence-corrected chi connectivity index (χ4v) is 2.61. The highest BCUT2D eigenvalue weighted by Gasteiger charge is 2.27. The summed E-state index contributed by atoms with van der Waals surface area (Å²) >= 11 is 0. The van der Waals surface area contributed by atoms with Crippen molar-refractivity contribution in [1.82, 2.24) is 9.88 Å². The van der Waals surface area contributed by atoms with Crippen molar-refractivity contribution in [2.75, 3.05) is 12.3 Å². The molecule has 1 unspecified atom stereocenters. The number of nitrogens with two attached hydrogens (primary N) is 1. The molecule has 2 heterocycles. The maximum Gasteiger partial charge on any atom is 0.127 e. The van der Waals surface area contributed by atoms with Gasteiger partial charge in [-0.25, -0.2) is 4.98 Å². The van der Waals surface area contributed by atoms with Gasteiger partial charge >= 0.3 is 0 Å². The first-order chi connectivity index (χ1) is 7.68. The Balaban J connectivity index is 2.07. The minimum Gasteiger partial charge on any atom is -0.383 e. The minimum atomic E-state index is 0.678. The summed E-state index contributed by atoms with van der Waals surface area (Å²) in [4.78, 5) is 6.68. The van der Waals surface area contributed by atoms with E-state index in [9.17, 15) is 0 Å². The summed E-state index contributed by atoms with van der Waals surface area (Å²) in [7, 11) is 0. The van der Waals surface area contributed by atoms with E-state index in [1.165, 1.54) is 19.4 Å². The Morgan fingerprint density at radius 3 is 3.06 bits per heavy atom. The number of pyridine rings is 1. The van der Waals surface area contributed by atoms with Crippen LogP contribution in [0.3, 0.4) is 0 Å². The molecule has 0 aliphatic carbocycles. The zero-order valence-electron chi connectivity index (χ0n) is 10.2. The maximum absolute atomic E-state index is 5.88. The van der Waals surface area contributed by atoms with Gasteiger partial charge in [-0.1, -0.05) is 19.9 Å². The van der Waals surface area contributed by atoms with E-state index >= 15 is 0 Å². The zero-order valence-corrected chi connectivity index (χ0v) is 10.2. The van der Waals surface area contributed by atoms with Crippen molar-refractivity contribution >= 4 is 5.82 Å². The second-order valence-electron chi connectivity index (χ2n) is 4.97. The van der Waals surface area contributed by atoms with Crippen LogP contribution in [0.1, 0.15) is 32.3 Å². The van der Waals surface area contributed by atoms with E-state index in [1.807, 2.05) is 6.07 Å². The van der Waals surface area contributed by atoms with Gasteiger partial charge in [-0.2, -0.15) is 0 Å². The fourth-order valence-electron chi connectivity index (χ4n) is 2.61. The standard InChI is InChI=1S/C13H21N3/c1-10(2)12-6-4-8-16(12)9-11-5-3-7-15-13(11)14/h3,5,7,10,12H,4,6,8-9H2,1-2H3,(H2,14,15). The van der Waals surface area contributed by atoms with Gasteiger partial charge in [0.1, 0.15) is 5.82 Å². The number of nitrogen functional groups attached to an aromatic ring is 1. The third-order valence-corrected chi connectivity index (χ3v) is 3.48. The van der Waals surface area contributed by atoms with Crippen molar-refractivity contribution in [3.8, 4) is 0 Å². The molecular formula is C13H21N3. The Bertz CT molecular complexity index is 349. The summed E-state index contributed by atoms with van der Waals surface area (Å²) in [5.41, 5.74) is 7.04. The molecule has 1 atom stereocenters. The number of nitrogens with zero attached hydrogens (tertiary/aromatic N) is 2. The summed E-state index contributed by atoms with van der Waals surface area (Å²) in [5, 5.41) is 0. The smallest absolute Gasteiger partial charge is 0.127 e. The molecule has 88 valence electrons. The molecule has 1 aliphatic heterocycles. The molecule has 0 saturated carbocycles. The van der Waals surface area contributed by atoms with Gasteiger partial charge in [0.05, 0.1) is 0 Å². The highest BCUT2D eigenvalue weighted by Crippen LogP contribution is 2.26. The second-order valence-corrected chi connectivity index (χ2v) is 4.97. The number of aromatic nitrogens is 1. The van der Waals surface area contributed by atoms with Crippen LogP contribution in [0.5, 0.6) is 0 Å². The highest BCUT2D eigenvalue weighted by atomic mass is 15.2. The summed E-state index contributed by atoms with van der Waals surface area (Å²) in [5.74, 6) is 1.40. The van der Waals surface area contributed by atoms with Crippen LogP contribution < -0.4 is 5.73 Å². The van der Waals surface area contributed by atoms with Crippen molar-refractivity contribution in [3.63, 3.8) is 0 Å². The largest absolute Gasteiger partial charge is 0.383 e. The first-order valence-corrected chi connectivity index (χ1v) is 6.12. The van der Waals surface area contributed by atoms with E-state index in [0.29, 0.717) is 11.9 Å². The van der Waals surface area contributed by atoms with Crippen molar-refractivity contribution in [1.29, 1.82) is 0 Å². The van der Waals surface area contributed by atoms with Gasteiger partial charge in [0.2, 0.25) is 0 Å². The maximum atomic E-state index is 5.88. The monoisotopic (exact) mass is 219 g/mol. The van der Waals surface area contributed by atoms with Crippen LogP contribution in [0.25, 0.3) is 0 Å². The molecule has 2 rings (SSSR count). The number of likely N-dealkylation sites (tertiary alicyclic amines) is 1. The van der Waals surface area contributed by atoms with Crippen LogP contribution in [0.2, 0.25) is 0 Å². The highest BCUT2D eigenvalue weighted by molar-refractivity contribution is 5.38. The number of anilines is 1. The quantitative estimate of drug-likeness (QED) is 0.848. The Kier molecular flexibility index (Phi) is 3.44. The number of rotatable bonds is 3. The van der Waals surface area contributed by atoms with Crippen molar-refractivity contribution in [2.24, 2.45) is 5.92 Å². The molecular weight excluding hydrogens is 198 g/mol. The van der Waals surface area contributed by atoms with E-state index in [1.54, 1.807) is 6.20 Å². The summed E-state index contributed by atoms with van der Waals surface area (Å²) < 4.78 is 0. The van der Waals surface area contributed by atoms with E-state index in [-0.39, 0.29) is 0 Å². The molecule has 0 bridgehead atoms. The molecule has 16 heavy (non-hydrogen) atoms. The molecule has 1 aromatic heterocycles. The lowest BCUT2D eigenvalue weighted by Gasteiger charge is -2.27. The van der Waals surface area contributed by atoms with Crippen LogP contribution >= 0.6 is 0 Å². The zero-order chi connectivity index (χ0) is 11.5. The fraction of sp³-hybridized carbons (Fsp3) is 0.615. The SMILES string of the molecule is CC(C)C1CCCN1Cc1cccnc1N. The minimum absolute atomic E-state index is 0.678. The molecule has 1 saturated heterocycles. The van der Waals surface area contributed by atoms with Crippen LogP contribution in [0.15, 0.2) is 18.3 Å². The van der Waals surface area contributed by atoms with Gasteiger partial charge in [0, 0.05) is 24.3 Å². The van der Waals surface area contributed by atoms with E-state index in [0.717, 1.165) is 18.0 Å². The molecule has 0 amide bonds. The van der Waals surface area contributed by atoms with Crippen molar-refractivity contribution in [3.05, 3.63) is 23.9 Å². The normalized spacial score (nSPS) is 21.8. The predicted octanol–water partition coefficient (Wildman–Crippen LogP) is 2.28. The second kappa shape index (κ2) is 4.83.